The second-order valence-electron chi connectivity index (χ2n) is 5.88. The van der Waals surface area contributed by atoms with Gasteiger partial charge in [0.15, 0.2) is 5.60 Å². The Kier molecular flexibility index (Phi) is 4.24. The summed E-state index contributed by atoms with van der Waals surface area (Å²) in [5.41, 5.74) is 1.73. The average Bonchev–Trinajstić information content (AvgIpc) is 3.30. The van der Waals surface area contributed by atoms with Crippen LogP contribution >= 0.6 is 0 Å². The predicted molar refractivity (Wildman–Crippen MR) is 86.0 cm³/mol. The van der Waals surface area contributed by atoms with Crippen molar-refractivity contribution in [3.8, 4) is 6.07 Å². The number of rotatable bonds is 6. The third-order valence-corrected chi connectivity index (χ3v) is 4.15. The molecule has 0 bridgehead atoms. The molecule has 1 aliphatic heterocycles. The van der Waals surface area contributed by atoms with Crippen molar-refractivity contribution < 1.29 is 4.74 Å². The second kappa shape index (κ2) is 6.31. The van der Waals surface area contributed by atoms with Gasteiger partial charge in [-0.3, -0.25) is 0 Å². The molecule has 112 valence electrons. The van der Waals surface area contributed by atoms with E-state index >= 15 is 0 Å². The van der Waals surface area contributed by atoms with Crippen LogP contribution in [0.15, 0.2) is 60.7 Å². The van der Waals surface area contributed by atoms with Crippen molar-refractivity contribution in [2.45, 2.75) is 24.7 Å². The molecule has 0 aliphatic carbocycles. The van der Waals surface area contributed by atoms with Crippen LogP contribution < -0.4 is 0 Å². The van der Waals surface area contributed by atoms with E-state index < -0.39 is 5.60 Å². The van der Waals surface area contributed by atoms with Crippen LogP contribution in [0, 0.1) is 11.3 Å². The third-order valence-electron chi connectivity index (χ3n) is 4.15. The first-order valence-electron chi connectivity index (χ1n) is 7.60. The summed E-state index contributed by atoms with van der Waals surface area (Å²) in [6.45, 7) is 1.73. The van der Waals surface area contributed by atoms with E-state index in [2.05, 4.69) is 42.3 Å². The van der Waals surface area contributed by atoms with Crippen molar-refractivity contribution in [3.05, 3.63) is 71.8 Å². The van der Waals surface area contributed by atoms with Crippen LogP contribution in [0.3, 0.4) is 0 Å². The highest BCUT2D eigenvalue weighted by molar-refractivity contribution is 5.31. The minimum Gasteiger partial charge on any atom is -0.345 e. The molecule has 1 heterocycles. The fourth-order valence-electron chi connectivity index (χ4n) is 2.80. The quantitative estimate of drug-likeness (QED) is 0.764. The van der Waals surface area contributed by atoms with Crippen molar-refractivity contribution >= 4 is 0 Å². The highest BCUT2D eigenvalue weighted by atomic mass is 16.6. The summed E-state index contributed by atoms with van der Waals surface area (Å²) < 4.78 is 5.75. The zero-order valence-electron chi connectivity index (χ0n) is 12.8. The fraction of sp³-hybridized carbons (Fsp3) is 0.316. The van der Waals surface area contributed by atoms with Crippen molar-refractivity contribution in [2.24, 2.45) is 0 Å². The summed E-state index contributed by atoms with van der Waals surface area (Å²) in [6.07, 6.45) is 0.649. The van der Waals surface area contributed by atoms with Gasteiger partial charge in [-0.2, -0.15) is 5.26 Å². The second-order valence-corrected chi connectivity index (χ2v) is 5.88. The molecule has 3 nitrogen and oxygen atoms in total. The summed E-state index contributed by atoms with van der Waals surface area (Å²) >= 11 is 0. The van der Waals surface area contributed by atoms with Gasteiger partial charge in [0.05, 0.1) is 0 Å². The zero-order valence-corrected chi connectivity index (χ0v) is 12.8. The summed E-state index contributed by atoms with van der Waals surface area (Å²) in [5, 5.41) is 9.50. The molecule has 0 aromatic heterocycles. The first kappa shape index (κ1) is 14.8. The van der Waals surface area contributed by atoms with Crippen LogP contribution in [0.2, 0.25) is 0 Å². The van der Waals surface area contributed by atoms with E-state index in [1.54, 1.807) is 0 Å². The van der Waals surface area contributed by atoms with Crippen LogP contribution in [0.4, 0.5) is 0 Å². The molecule has 0 radical (unpaired) electrons. The Morgan fingerprint density at radius 2 is 1.73 bits per heavy atom. The molecule has 2 aromatic rings. The normalized spacial score (nSPS) is 23.2. The molecule has 0 N–H and O–H groups in total. The largest absolute Gasteiger partial charge is 0.345 e. The first-order chi connectivity index (χ1) is 10.7. The molecule has 0 spiro atoms. The van der Waals surface area contributed by atoms with Gasteiger partial charge < -0.3 is 9.64 Å². The van der Waals surface area contributed by atoms with E-state index in [1.165, 1.54) is 5.56 Å². The van der Waals surface area contributed by atoms with Gasteiger partial charge in [-0.05, 0) is 18.2 Å². The van der Waals surface area contributed by atoms with E-state index in [9.17, 15) is 5.26 Å². The minimum atomic E-state index is -0.647. The maximum Gasteiger partial charge on any atom is 0.186 e. The summed E-state index contributed by atoms with van der Waals surface area (Å²) in [7, 11) is 2.08. The summed E-state index contributed by atoms with van der Waals surface area (Å²) in [5.74, 6) is 0. The van der Waals surface area contributed by atoms with Crippen molar-refractivity contribution in [1.82, 2.24) is 4.90 Å². The average molecular weight is 292 g/mol. The fourth-order valence-corrected chi connectivity index (χ4v) is 2.80. The number of hydrogen-bond donors (Lipinski definition) is 0. The predicted octanol–water partition coefficient (Wildman–Crippen LogP) is 3.54. The number of nitriles is 1. The summed E-state index contributed by atoms with van der Waals surface area (Å²) in [4.78, 5) is 2.23. The number of hydrogen-bond acceptors (Lipinski definition) is 3. The number of nitrogens with zero attached hydrogens (tertiary/aromatic N) is 2. The standard InChI is InChI=1S/C19H20N2O/c1-21(14-16-8-4-2-5-9-16)13-12-19(15-20)18(22-19)17-10-6-3-7-11-17/h2-11,18H,12-14H2,1H3/t18-,19+/m0/s1. The maximum atomic E-state index is 9.50. The monoisotopic (exact) mass is 292 g/mol. The Bertz CT molecular complexity index is 650. The van der Waals surface area contributed by atoms with Crippen molar-refractivity contribution in [2.75, 3.05) is 13.6 Å². The molecule has 1 saturated heterocycles. The molecule has 3 rings (SSSR count). The summed E-state index contributed by atoms with van der Waals surface area (Å²) in [6, 6.07) is 22.7. The Morgan fingerprint density at radius 3 is 2.36 bits per heavy atom. The third kappa shape index (κ3) is 3.19. The van der Waals surface area contributed by atoms with Gasteiger partial charge >= 0.3 is 0 Å². The van der Waals surface area contributed by atoms with E-state index in [1.807, 2.05) is 36.4 Å². The number of ether oxygens (including phenoxy) is 1. The lowest BCUT2D eigenvalue weighted by molar-refractivity contribution is 0.267. The lowest BCUT2D eigenvalue weighted by Crippen LogP contribution is -2.24. The molecule has 2 atom stereocenters. The Morgan fingerprint density at radius 1 is 1.09 bits per heavy atom. The van der Waals surface area contributed by atoms with Crippen molar-refractivity contribution in [1.29, 1.82) is 5.26 Å². The molecule has 1 fully saturated rings. The number of benzene rings is 2. The van der Waals surface area contributed by atoms with Gasteiger partial charge in [-0.25, -0.2) is 0 Å². The van der Waals surface area contributed by atoms with Crippen LogP contribution in [-0.4, -0.2) is 24.1 Å². The van der Waals surface area contributed by atoms with Crippen molar-refractivity contribution in [3.63, 3.8) is 0 Å². The van der Waals surface area contributed by atoms with Crippen LogP contribution in [0.1, 0.15) is 23.7 Å². The van der Waals surface area contributed by atoms with Gasteiger partial charge in [-0.15, -0.1) is 0 Å². The first-order valence-corrected chi connectivity index (χ1v) is 7.60. The van der Waals surface area contributed by atoms with E-state index in [0.29, 0.717) is 0 Å². The topological polar surface area (TPSA) is 39.6 Å². The van der Waals surface area contributed by atoms with Crippen LogP contribution in [0.5, 0.6) is 0 Å². The highest BCUT2D eigenvalue weighted by Crippen LogP contribution is 2.51. The Balaban J connectivity index is 1.56. The van der Waals surface area contributed by atoms with E-state index in [-0.39, 0.29) is 6.10 Å². The Labute approximate surface area is 131 Å². The Hall–Kier alpha value is -2.15. The molecule has 22 heavy (non-hydrogen) atoms. The van der Waals surface area contributed by atoms with Gasteiger partial charge in [0.1, 0.15) is 12.2 Å². The molecule has 0 saturated carbocycles. The molecule has 1 aliphatic rings. The molecular formula is C19H20N2O. The van der Waals surface area contributed by atoms with Gasteiger partial charge in [0, 0.05) is 19.5 Å². The SMILES string of the molecule is CN(CC[C@]1(C#N)O[C@H]1c1ccccc1)Cc1ccccc1. The smallest absolute Gasteiger partial charge is 0.186 e. The maximum absolute atomic E-state index is 9.50. The van der Waals surface area contributed by atoms with Gasteiger partial charge in [-0.1, -0.05) is 60.7 Å². The van der Waals surface area contributed by atoms with Gasteiger partial charge in [0.25, 0.3) is 0 Å². The van der Waals surface area contributed by atoms with E-state index in [0.717, 1.165) is 25.1 Å². The molecule has 0 unspecified atom stereocenters. The number of epoxide rings is 1. The lowest BCUT2D eigenvalue weighted by Gasteiger charge is -2.17. The lowest BCUT2D eigenvalue weighted by atomic mass is 9.97. The van der Waals surface area contributed by atoms with Crippen LogP contribution in [0.25, 0.3) is 0 Å². The van der Waals surface area contributed by atoms with Crippen LogP contribution in [-0.2, 0) is 11.3 Å². The molecular weight excluding hydrogens is 272 g/mol. The zero-order chi connectivity index (χ0) is 15.4. The molecule has 0 amide bonds. The highest BCUT2D eigenvalue weighted by Gasteiger charge is 2.57. The molecule has 3 heteroatoms. The van der Waals surface area contributed by atoms with E-state index in [4.69, 9.17) is 4.74 Å². The minimum absolute atomic E-state index is 0.0798. The molecule has 2 aromatic carbocycles. The van der Waals surface area contributed by atoms with Gasteiger partial charge in [0.2, 0.25) is 0 Å².